The molecule has 1 aliphatic heterocycles. The normalized spacial score (nSPS) is 17.3. The fourth-order valence-electron chi connectivity index (χ4n) is 3.36. The van der Waals surface area contributed by atoms with Crippen LogP contribution in [0.25, 0.3) is 0 Å². The van der Waals surface area contributed by atoms with Crippen molar-refractivity contribution in [1.29, 1.82) is 0 Å². The van der Waals surface area contributed by atoms with Gasteiger partial charge in [-0.2, -0.15) is 0 Å². The largest absolute Gasteiger partial charge is 0.501 e. The van der Waals surface area contributed by atoms with Gasteiger partial charge in [0, 0.05) is 20.1 Å². The summed E-state index contributed by atoms with van der Waals surface area (Å²) in [5, 5.41) is 12.8. The number of carbonyl (C=O) groups is 1. The first kappa shape index (κ1) is 20.9. The number of benzene rings is 1. The fourth-order valence-corrected chi connectivity index (χ4v) is 3.36. The maximum atomic E-state index is 13.0. The van der Waals surface area contributed by atoms with Crippen molar-refractivity contribution in [2.75, 3.05) is 26.3 Å². The zero-order valence-corrected chi connectivity index (χ0v) is 16.5. The molecule has 9 heteroatoms. The number of aromatic nitrogens is 2. The highest BCUT2D eigenvalue weighted by molar-refractivity contribution is 5.94. The molecule has 0 bridgehead atoms. The second-order valence-electron chi connectivity index (χ2n) is 6.97. The lowest BCUT2D eigenvalue weighted by atomic mass is 10.1. The molecule has 156 valence electrons. The summed E-state index contributed by atoms with van der Waals surface area (Å²) < 4.78 is 19.8. The third-order valence-electron chi connectivity index (χ3n) is 4.93. The molecule has 0 radical (unpaired) electrons. The summed E-state index contributed by atoms with van der Waals surface area (Å²) in [4.78, 5) is 31.6. The monoisotopic (exact) mass is 404 g/mol. The number of halogens is 1. The molecule has 29 heavy (non-hydrogen) atoms. The number of ether oxygens (including phenoxy) is 1. The van der Waals surface area contributed by atoms with E-state index < -0.39 is 17.2 Å². The number of carbonyl (C=O) groups excluding carboxylic acids is 1. The van der Waals surface area contributed by atoms with E-state index in [0.29, 0.717) is 31.1 Å². The highest BCUT2D eigenvalue weighted by atomic mass is 19.1. The number of hydrogen-bond acceptors (Lipinski definition) is 6. The summed E-state index contributed by atoms with van der Waals surface area (Å²) in [5.74, 6) is -1.38. The number of aromatic hydroxyl groups is 1. The van der Waals surface area contributed by atoms with Crippen molar-refractivity contribution in [2.45, 2.75) is 25.9 Å². The van der Waals surface area contributed by atoms with Crippen LogP contribution < -0.4 is 10.9 Å². The lowest BCUT2D eigenvalue weighted by molar-refractivity contribution is -0.0131. The van der Waals surface area contributed by atoms with Gasteiger partial charge in [-0.1, -0.05) is 19.1 Å². The van der Waals surface area contributed by atoms with Crippen molar-refractivity contribution in [3.05, 3.63) is 57.5 Å². The van der Waals surface area contributed by atoms with Crippen LogP contribution >= 0.6 is 0 Å². The average Bonchev–Trinajstić information content (AvgIpc) is 2.72. The number of hydrogen-bond donors (Lipinski definition) is 2. The van der Waals surface area contributed by atoms with Crippen molar-refractivity contribution < 1.29 is 19.0 Å². The zero-order valence-electron chi connectivity index (χ0n) is 16.5. The van der Waals surface area contributed by atoms with Gasteiger partial charge in [-0.3, -0.25) is 19.1 Å². The Bertz CT molecular complexity index is 927. The Balaban J connectivity index is 1.87. The molecule has 3 rings (SSSR count). The summed E-state index contributed by atoms with van der Waals surface area (Å²) in [6, 6.07) is 5.38. The number of nitrogens with zero attached hydrogens (tertiary/aromatic N) is 3. The number of rotatable bonds is 6. The molecule has 2 aromatic rings. The Kier molecular flexibility index (Phi) is 6.60. The second-order valence-corrected chi connectivity index (χ2v) is 6.97. The van der Waals surface area contributed by atoms with Gasteiger partial charge in [0.25, 0.3) is 11.5 Å². The van der Waals surface area contributed by atoms with Gasteiger partial charge in [0.2, 0.25) is 5.75 Å². The van der Waals surface area contributed by atoms with Gasteiger partial charge >= 0.3 is 0 Å². The van der Waals surface area contributed by atoms with Crippen molar-refractivity contribution in [1.82, 2.24) is 19.8 Å². The van der Waals surface area contributed by atoms with Crippen LogP contribution in [0.4, 0.5) is 4.39 Å². The molecule has 1 unspecified atom stereocenters. The Morgan fingerprint density at radius 2 is 2.10 bits per heavy atom. The highest BCUT2D eigenvalue weighted by Gasteiger charge is 2.30. The molecule has 1 aromatic carbocycles. The molecule has 8 nitrogen and oxygen atoms in total. The molecular weight excluding hydrogens is 379 g/mol. The van der Waals surface area contributed by atoms with Gasteiger partial charge in [0.1, 0.15) is 11.6 Å². The maximum Gasteiger partial charge on any atom is 0.296 e. The Morgan fingerprint density at radius 3 is 2.79 bits per heavy atom. The number of morpholine rings is 1. The molecule has 1 amide bonds. The molecule has 0 aliphatic carbocycles. The van der Waals surface area contributed by atoms with Gasteiger partial charge in [-0.25, -0.2) is 9.37 Å². The molecule has 2 heterocycles. The maximum absolute atomic E-state index is 13.0. The smallest absolute Gasteiger partial charge is 0.296 e. The summed E-state index contributed by atoms with van der Waals surface area (Å²) in [5.41, 5.74) is -0.339. The van der Waals surface area contributed by atoms with Crippen LogP contribution in [-0.2, 0) is 18.3 Å². The van der Waals surface area contributed by atoms with E-state index in [4.69, 9.17) is 4.74 Å². The lowest BCUT2D eigenvalue weighted by Crippen LogP contribution is -2.43. The quantitative estimate of drug-likeness (QED) is 0.754. The minimum atomic E-state index is -0.702. The predicted octanol–water partition coefficient (Wildman–Crippen LogP) is 1.34. The Morgan fingerprint density at radius 1 is 1.38 bits per heavy atom. The molecule has 1 aliphatic rings. The molecule has 1 atom stereocenters. The standard InChI is InChI=1S/C20H25FN4O4/c1-3-8-25-9-10-29-12-15(25)18-23-16(17(26)20(28)24(18)2)19(27)22-11-13-4-6-14(21)7-5-13/h4-7,15,26H,3,8-12H2,1-2H3,(H,22,27). The van der Waals surface area contributed by atoms with Crippen molar-refractivity contribution in [3.8, 4) is 5.75 Å². The lowest BCUT2D eigenvalue weighted by Gasteiger charge is -2.35. The first-order valence-corrected chi connectivity index (χ1v) is 9.56. The second kappa shape index (κ2) is 9.15. The number of amides is 1. The average molecular weight is 404 g/mol. The van der Waals surface area contributed by atoms with E-state index in [0.717, 1.165) is 13.0 Å². The van der Waals surface area contributed by atoms with Crippen molar-refractivity contribution in [2.24, 2.45) is 7.05 Å². The summed E-state index contributed by atoms with van der Waals surface area (Å²) in [6.45, 7) is 4.61. The minimum absolute atomic E-state index is 0.110. The van der Waals surface area contributed by atoms with Gasteiger partial charge in [-0.05, 0) is 30.7 Å². The van der Waals surface area contributed by atoms with E-state index in [1.165, 1.54) is 23.7 Å². The molecule has 1 aromatic heterocycles. The Labute approximate surface area is 167 Å². The molecule has 1 saturated heterocycles. The van der Waals surface area contributed by atoms with Crippen LogP contribution in [0.15, 0.2) is 29.1 Å². The number of nitrogens with one attached hydrogen (secondary N) is 1. The fraction of sp³-hybridized carbons (Fsp3) is 0.450. The third-order valence-corrected chi connectivity index (χ3v) is 4.93. The van der Waals surface area contributed by atoms with Crippen LogP contribution in [0.2, 0.25) is 0 Å². The topological polar surface area (TPSA) is 96.7 Å². The zero-order chi connectivity index (χ0) is 21.0. The van der Waals surface area contributed by atoms with Crippen LogP contribution in [-0.4, -0.2) is 51.8 Å². The molecular formula is C20H25FN4O4. The van der Waals surface area contributed by atoms with E-state index in [1.54, 1.807) is 12.1 Å². The van der Waals surface area contributed by atoms with Gasteiger partial charge in [-0.15, -0.1) is 0 Å². The van der Waals surface area contributed by atoms with Crippen molar-refractivity contribution >= 4 is 5.91 Å². The molecule has 1 fully saturated rings. The first-order chi connectivity index (χ1) is 13.9. The molecule has 2 N–H and O–H groups in total. The highest BCUT2D eigenvalue weighted by Crippen LogP contribution is 2.23. The van der Waals surface area contributed by atoms with Crippen molar-refractivity contribution in [3.63, 3.8) is 0 Å². The summed E-state index contributed by atoms with van der Waals surface area (Å²) >= 11 is 0. The third kappa shape index (κ3) is 4.63. The summed E-state index contributed by atoms with van der Waals surface area (Å²) in [7, 11) is 1.52. The molecule has 0 saturated carbocycles. The van der Waals surface area contributed by atoms with Gasteiger partial charge in [0.15, 0.2) is 5.69 Å². The van der Waals surface area contributed by atoms with E-state index in [2.05, 4.69) is 22.1 Å². The van der Waals surface area contributed by atoms with Crippen LogP contribution in [0, 0.1) is 5.82 Å². The van der Waals surface area contributed by atoms with Gasteiger partial charge in [0.05, 0.1) is 19.3 Å². The summed E-state index contributed by atoms with van der Waals surface area (Å²) in [6.07, 6.45) is 0.924. The first-order valence-electron chi connectivity index (χ1n) is 9.56. The van der Waals surface area contributed by atoms with Crippen LogP contribution in [0.5, 0.6) is 5.75 Å². The van der Waals surface area contributed by atoms with E-state index in [1.807, 2.05) is 0 Å². The molecule has 0 spiro atoms. The Hall–Kier alpha value is -2.78. The minimum Gasteiger partial charge on any atom is -0.501 e. The van der Waals surface area contributed by atoms with Gasteiger partial charge < -0.3 is 15.2 Å². The van der Waals surface area contributed by atoms with E-state index in [9.17, 15) is 19.1 Å². The SMILES string of the molecule is CCCN1CCOCC1c1nc(C(=O)NCc2ccc(F)cc2)c(O)c(=O)n1C. The predicted molar refractivity (Wildman–Crippen MR) is 104 cm³/mol. The van der Waals surface area contributed by atoms with Crippen LogP contribution in [0.3, 0.4) is 0 Å². The van der Waals surface area contributed by atoms with E-state index >= 15 is 0 Å². The van der Waals surface area contributed by atoms with E-state index in [-0.39, 0.29) is 24.1 Å². The van der Waals surface area contributed by atoms with Crippen LogP contribution in [0.1, 0.15) is 41.3 Å².